The number of esters is 1. The normalized spacial score (nSPS) is 14.3. The summed E-state index contributed by atoms with van der Waals surface area (Å²) in [5, 5.41) is 0.395. The molecule has 5 nitrogen and oxygen atoms in total. The third kappa shape index (κ3) is 4.20. The van der Waals surface area contributed by atoms with Crippen molar-refractivity contribution in [2.75, 3.05) is 13.7 Å². The van der Waals surface area contributed by atoms with Gasteiger partial charge in [-0.15, -0.1) is 0 Å². The number of benzene rings is 2. The maximum atomic E-state index is 12.7. The fraction of sp³-hybridized carbons (Fsp3) is 0.300. The largest absolute Gasteiger partial charge is 0.494 e. The minimum absolute atomic E-state index is 0.162. The molecular weight excluding hydrogens is 389 g/mol. The van der Waals surface area contributed by atoms with E-state index in [1.54, 1.807) is 11.8 Å². The number of hydrogen-bond donors (Lipinski definition) is 0. The Hall–Kier alpha value is -2.24. The van der Waals surface area contributed by atoms with Crippen molar-refractivity contribution in [2.45, 2.75) is 26.0 Å². The van der Waals surface area contributed by atoms with Crippen LogP contribution in [0.2, 0.25) is 10.0 Å². The number of rotatable bonds is 4. The molecule has 2 aromatic carbocycles. The highest BCUT2D eigenvalue weighted by Gasteiger charge is 2.27. The van der Waals surface area contributed by atoms with Crippen molar-refractivity contribution < 1.29 is 19.1 Å². The fourth-order valence-electron chi connectivity index (χ4n) is 3.09. The minimum atomic E-state index is -0.914. The van der Waals surface area contributed by atoms with Crippen molar-refractivity contribution in [1.29, 1.82) is 0 Å². The van der Waals surface area contributed by atoms with E-state index in [2.05, 4.69) is 6.07 Å². The Bertz CT molecular complexity index is 861. The first-order valence-corrected chi connectivity index (χ1v) is 9.26. The third-order valence-corrected chi connectivity index (χ3v) is 5.07. The van der Waals surface area contributed by atoms with Crippen molar-refractivity contribution in [3.63, 3.8) is 0 Å². The van der Waals surface area contributed by atoms with Crippen molar-refractivity contribution >= 4 is 35.1 Å². The molecule has 0 saturated heterocycles. The van der Waals surface area contributed by atoms with Gasteiger partial charge in [0.15, 0.2) is 11.9 Å². The van der Waals surface area contributed by atoms with E-state index >= 15 is 0 Å². The van der Waals surface area contributed by atoms with E-state index in [9.17, 15) is 9.59 Å². The van der Waals surface area contributed by atoms with Gasteiger partial charge in [0.05, 0.1) is 22.7 Å². The topological polar surface area (TPSA) is 55.8 Å². The Balaban J connectivity index is 1.67. The molecule has 27 heavy (non-hydrogen) atoms. The van der Waals surface area contributed by atoms with E-state index in [-0.39, 0.29) is 27.3 Å². The van der Waals surface area contributed by atoms with E-state index in [1.807, 2.05) is 18.2 Å². The van der Waals surface area contributed by atoms with Crippen LogP contribution in [-0.4, -0.2) is 36.5 Å². The van der Waals surface area contributed by atoms with Gasteiger partial charge in [-0.05, 0) is 36.6 Å². The molecule has 1 atom stereocenters. The van der Waals surface area contributed by atoms with Crippen LogP contribution in [-0.2, 0) is 22.5 Å². The Morgan fingerprint density at radius 1 is 1.11 bits per heavy atom. The van der Waals surface area contributed by atoms with Gasteiger partial charge in [-0.3, -0.25) is 4.79 Å². The molecule has 0 spiro atoms. The Kier molecular flexibility index (Phi) is 5.92. The van der Waals surface area contributed by atoms with Crippen LogP contribution in [0, 0.1) is 0 Å². The first-order valence-electron chi connectivity index (χ1n) is 8.50. The van der Waals surface area contributed by atoms with Crippen LogP contribution in [0.15, 0.2) is 36.4 Å². The lowest BCUT2D eigenvalue weighted by Gasteiger charge is -2.30. The van der Waals surface area contributed by atoms with Gasteiger partial charge in [0.1, 0.15) is 0 Å². The van der Waals surface area contributed by atoms with Crippen LogP contribution < -0.4 is 4.74 Å². The van der Waals surface area contributed by atoms with Crippen molar-refractivity contribution in [3.05, 3.63) is 63.1 Å². The molecule has 0 fully saturated rings. The molecule has 0 radical (unpaired) electrons. The lowest BCUT2D eigenvalue weighted by molar-refractivity contribution is -0.140. The molecule has 1 heterocycles. The smallest absolute Gasteiger partial charge is 0.339 e. The van der Waals surface area contributed by atoms with Gasteiger partial charge in [0.25, 0.3) is 5.91 Å². The summed E-state index contributed by atoms with van der Waals surface area (Å²) in [6.45, 7) is 2.67. The van der Waals surface area contributed by atoms with Crippen molar-refractivity contribution in [3.8, 4) is 5.75 Å². The number of hydrogen-bond acceptors (Lipinski definition) is 4. The second-order valence-corrected chi connectivity index (χ2v) is 7.11. The molecule has 1 aliphatic heterocycles. The SMILES string of the molecule is COc1c(Cl)cc(C(=O)O[C@@H](C)C(=O)N2CCc3ccccc3C2)cc1Cl. The summed E-state index contributed by atoms with van der Waals surface area (Å²) in [5.41, 5.74) is 2.52. The van der Waals surface area contributed by atoms with Crippen molar-refractivity contribution in [1.82, 2.24) is 4.90 Å². The highest BCUT2D eigenvalue weighted by molar-refractivity contribution is 6.37. The Morgan fingerprint density at radius 3 is 2.37 bits per heavy atom. The molecular formula is C20H19Cl2NO4. The summed E-state index contributed by atoms with van der Waals surface area (Å²) >= 11 is 12.1. The van der Waals surface area contributed by atoms with E-state index in [4.69, 9.17) is 32.7 Å². The lowest BCUT2D eigenvalue weighted by Crippen LogP contribution is -2.42. The van der Waals surface area contributed by atoms with E-state index in [0.29, 0.717) is 13.1 Å². The summed E-state index contributed by atoms with van der Waals surface area (Å²) in [7, 11) is 1.43. The maximum Gasteiger partial charge on any atom is 0.339 e. The Labute approximate surface area is 167 Å². The third-order valence-electron chi connectivity index (χ3n) is 4.51. The summed E-state index contributed by atoms with van der Waals surface area (Å²) in [6.07, 6.45) is -0.130. The molecule has 1 amide bonds. The van der Waals surface area contributed by atoms with Crippen LogP contribution in [0.5, 0.6) is 5.75 Å². The van der Waals surface area contributed by atoms with E-state index in [0.717, 1.165) is 12.0 Å². The second kappa shape index (κ2) is 8.19. The lowest BCUT2D eigenvalue weighted by atomic mass is 9.99. The highest BCUT2D eigenvalue weighted by Crippen LogP contribution is 2.34. The quantitative estimate of drug-likeness (QED) is 0.714. The number of fused-ring (bicyclic) bond motifs is 1. The standard InChI is InChI=1S/C20H19Cl2NO4/c1-12(19(24)23-8-7-13-5-3-4-6-14(13)11-23)27-20(25)15-9-16(21)18(26-2)17(22)10-15/h3-6,9-10,12H,7-8,11H2,1-2H3/t12-/m0/s1. The predicted molar refractivity (Wildman–Crippen MR) is 103 cm³/mol. The summed E-state index contributed by atoms with van der Waals surface area (Å²) in [4.78, 5) is 26.8. The molecule has 7 heteroatoms. The van der Waals surface area contributed by atoms with Crippen LogP contribution in [0.25, 0.3) is 0 Å². The monoisotopic (exact) mass is 407 g/mol. The number of methoxy groups -OCH3 is 1. The molecule has 0 unspecified atom stereocenters. The Morgan fingerprint density at radius 2 is 1.74 bits per heavy atom. The number of carbonyl (C=O) groups excluding carboxylic acids is 2. The number of carbonyl (C=O) groups is 2. The van der Waals surface area contributed by atoms with Gasteiger partial charge in [0.2, 0.25) is 0 Å². The van der Waals surface area contributed by atoms with Gasteiger partial charge in [-0.25, -0.2) is 4.79 Å². The molecule has 0 saturated carbocycles. The van der Waals surface area contributed by atoms with Gasteiger partial charge in [-0.2, -0.15) is 0 Å². The first-order chi connectivity index (χ1) is 12.9. The molecule has 3 rings (SSSR count). The second-order valence-electron chi connectivity index (χ2n) is 6.30. The molecule has 0 aliphatic carbocycles. The number of amides is 1. The number of ether oxygens (including phenoxy) is 2. The fourth-order valence-corrected chi connectivity index (χ4v) is 3.73. The zero-order valence-corrected chi connectivity index (χ0v) is 16.5. The first kappa shape index (κ1) is 19.5. The molecule has 0 bridgehead atoms. The zero-order valence-electron chi connectivity index (χ0n) is 15.0. The van der Waals surface area contributed by atoms with Crippen LogP contribution in [0.4, 0.5) is 0 Å². The van der Waals surface area contributed by atoms with Crippen LogP contribution in [0.3, 0.4) is 0 Å². The predicted octanol–water partition coefficient (Wildman–Crippen LogP) is 4.13. The molecule has 142 valence electrons. The number of nitrogens with zero attached hydrogens (tertiary/aromatic N) is 1. The zero-order chi connectivity index (χ0) is 19.6. The summed E-state index contributed by atoms with van der Waals surface area (Å²) in [5.74, 6) is -0.616. The molecule has 2 aromatic rings. The van der Waals surface area contributed by atoms with Crippen LogP contribution >= 0.6 is 23.2 Å². The molecule has 1 aliphatic rings. The van der Waals surface area contributed by atoms with E-state index in [1.165, 1.54) is 24.8 Å². The van der Waals surface area contributed by atoms with Gasteiger partial charge in [-0.1, -0.05) is 47.5 Å². The molecule has 0 aromatic heterocycles. The highest BCUT2D eigenvalue weighted by atomic mass is 35.5. The van der Waals surface area contributed by atoms with Crippen molar-refractivity contribution in [2.24, 2.45) is 0 Å². The van der Waals surface area contributed by atoms with Gasteiger partial charge >= 0.3 is 5.97 Å². The number of halogens is 2. The average molecular weight is 408 g/mol. The average Bonchev–Trinajstić information content (AvgIpc) is 2.66. The van der Waals surface area contributed by atoms with Gasteiger partial charge < -0.3 is 14.4 Å². The van der Waals surface area contributed by atoms with E-state index < -0.39 is 12.1 Å². The maximum absolute atomic E-state index is 12.7. The van der Waals surface area contributed by atoms with Gasteiger partial charge in [0, 0.05) is 13.1 Å². The molecule has 0 N–H and O–H groups in total. The van der Waals surface area contributed by atoms with Crippen LogP contribution in [0.1, 0.15) is 28.4 Å². The minimum Gasteiger partial charge on any atom is -0.494 e. The summed E-state index contributed by atoms with van der Waals surface area (Å²) in [6, 6.07) is 10.8. The summed E-state index contributed by atoms with van der Waals surface area (Å²) < 4.78 is 10.4.